The average molecular weight is 226 g/mol. The van der Waals surface area contributed by atoms with Crippen molar-refractivity contribution < 1.29 is 4.79 Å². The van der Waals surface area contributed by atoms with E-state index in [-0.39, 0.29) is 11.7 Å². The zero-order chi connectivity index (χ0) is 12.3. The minimum atomic E-state index is -0.250. The van der Waals surface area contributed by atoms with Gasteiger partial charge in [0.1, 0.15) is 0 Å². The number of nitrogens with zero attached hydrogens (tertiary/aromatic N) is 1. The molecule has 17 heavy (non-hydrogen) atoms. The molecule has 1 aromatic heterocycles. The van der Waals surface area contributed by atoms with Crippen LogP contribution in [0.5, 0.6) is 0 Å². The van der Waals surface area contributed by atoms with E-state index < -0.39 is 0 Å². The van der Waals surface area contributed by atoms with Crippen molar-refractivity contribution in [3.8, 4) is 0 Å². The van der Waals surface area contributed by atoms with Crippen LogP contribution >= 0.6 is 0 Å². The maximum absolute atomic E-state index is 12.2. The van der Waals surface area contributed by atoms with Crippen LogP contribution in [0.1, 0.15) is 28.8 Å². The van der Waals surface area contributed by atoms with E-state index in [1.807, 2.05) is 31.2 Å². The van der Waals surface area contributed by atoms with Crippen molar-refractivity contribution in [3.05, 3.63) is 59.9 Å². The molecule has 2 aromatic rings. The van der Waals surface area contributed by atoms with Gasteiger partial charge in [0.25, 0.3) is 0 Å². The maximum atomic E-state index is 12.2. The Labute approximate surface area is 100 Å². The lowest BCUT2D eigenvalue weighted by molar-refractivity contribution is 0.0966. The summed E-state index contributed by atoms with van der Waals surface area (Å²) in [6.45, 7) is 1.86. The van der Waals surface area contributed by atoms with Gasteiger partial charge in [-0.1, -0.05) is 25.1 Å². The van der Waals surface area contributed by atoms with Crippen molar-refractivity contribution in [1.29, 1.82) is 0 Å². The van der Waals surface area contributed by atoms with E-state index in [0.29, 0.717) is 11.3 Å². The van der Waals surface area contributed by atoms with Crippen molar-refractivity contribution in [2.75, 3.05) is 5.73 Å². The van der Waals surface area contributed by atoms with Gasteiger partial charge in [0.05, 0.1) is 0 Å². The molecule has 1 heterocycles. The second kappa shape index (κ2) is 4.78. The topological polar surface area (TPSA) is 56.0 Å². The third-order valence-electron chi connectivity index (χ3n) is 2.80. The maximum Gasteiger partial charge on any atom is 0.171 e. The highest BCUT2D eigenvalue weighted by Gasteiger charge is 2.18. The van der Waals surface area contributed by atoms with Gasteiger partial charge >= 0.3 is 0 Å². The Morgan fingerprint density at radius 3 is 2.65 bits per heavy atom. The summed E-state index contributed by atoms with van der Waals surface area (Å²) in [6.07, 6.45) is 3.23. The molecule has 0 amide bonds. The number of benzene rings is 1. The van der Waals surface area contributed by atoms with E-state index in [4.69, 9.17) is 5.73 Å². The molecule has 2 N–H and O–H groups in total. The summed E-state index contributed by atoms with van der Waals surface area (Å²) in [6, 6.07) is 11.0. The normalized spacial score (nSPS) is 12.1. The number of rotatable bonds is 3. The quantitative estimate of drug-likeness (QED) is 0.646. The predicted molar refractivity (Wildman–Crippen MR) is 67.8 cm³/mol. The van der Waals surface area contributed by atoms with Crippen LogP contribution in [0.25, 0.3) is 0 Å². The van der Waals surface area contributed by atoms with Gasteiger partial charge in [0.15, 0.2) is 5.78 Å². The molecule has 0 bridgehead atoms. The molecule has 86 valence electrons. The van der Waals surface area contributed by atoms with E-state index in [1.54, 1.807) is 24.5 Å². The largest absolute Gasteiger partial charge is 0.398 e. The van der Waals surface area contributed by atoms with Crippen LogP contribution in [0.2, 0.25) is 0 Å². The summed E-state index contributed by atoms with van der Waals surface area (Å²) < 4.78 is 0. The number of aromatic nitrogens is 1. The number of nitrogen functional groups attached to an aromatic ring is 1. The zero-order valence-electron chi connectivity index (χ0n) is 9.63. The lowest BCUT2D eigenvalue weighted by Crippen LogP contribution is -2.11. The minimum Gasteiger partial charge on any atom is -0.398 e. The number of hydrogen-bond acceptors (Lipinski definition) is 3. The lowest BCUT2D eigenvalue weighted by Gasteiger charge is -2.12. The van der Waals surface area contributed by atoms with Gasteiger partial charge in [-0.05, 0) is 23.8 Å². The smallest absolute Gasteiger partial charge is 0.171 e. The van der Waals surface area contributed by atoms with Gasteiger partial charge in [-0.25, -0.2) is 0 Å². The van der Waals surface area contributed by atoms with E-state index >= 15 is 0 Å². The number of anilines is 1. The number of nitrogens with two attached hydrogens (primary N) is 1. The zero-order valence-corrected chi connectivity index (χ0v) is 9.63. The molecule has 0 aliphatic heterocycles. The minimum absolute atomic E-state index is 0.0380. The summed E-state index contributed by atoms with van der Waals surface area (Å²) in [5.74, 6) is -0.212. The molecule has 0 radical (unpaired) electrons. The third-order valence-corrected chi connectivity index (χ3v) is 2.80. The Morgan fingerprint density at radius 2 is 2.00 bits per heavy atom. The lowest BCUT2D eigenvalue weighted by atomic mass is 9.92. The molecule has 3 heteroatoms. The first-order valence-corrected chi connectivity index (χ1v) is 5.49. The van der Waals surface area contributed by atoms with E-state index in [9.17, 15) is 4.79 Å². The molecule has 0 saturated carbocycles. The number of hydrogen-bond donors (Lipinski definition) is 1. The van der Waals surface area contributed by atoms with E-state index in [1.165, 1.54) is 0 Å². The summed E-state index contributed by atoms with van der Waals surface area (Å²) in [5, 5.41) is 0. The Kier molecular flexibility index (Phi) is 3.19. The van der Waals surface area contributed by atoms with Crippen molar-refractivity contribution in [3.63, 3.8) is 0 Å². The molecule has 1 atom stereocenters. The molecule has 3 nitrogen and oxygen atoms in total. The van der Waals surface area contributed by atoms with Crippen molar-refractivity contribution in [2.24, 2.45) is 0 Å². The van der Waals surface area contributed by atoms with Gasteiger partial charge in [-0.3, -0.25) is 9.78 Å². The van der Waals surface area contributed by atoms with Gasteiger partial charge in [-0.2, -0.15) is 0 Å². The van der Waals surface area contributed by atoms with Crippen LogP contribution in [0, 0.1) is 0 Å². The van der Waals surface area contributed by atoms with Crippen LogP contribution in [-0.2, 0) is 0 Å². The SMILES string of the molecule is CC(C(=O)c1cccnc1)c1ccccc1N. The molecular weight excluding hydrogens is 212 g/mol. The Balaban J connectivity index is 2.30. The molecule has 0 aliphatic rings. The number of carbonyl (C=O) groups is 1. The van der Waals surface area contributed by atoms with Crippen molar-refractivity contribution >= 4 is 11.5 Å². The van der Waals surface area contributed by atoms with Crippen LogP contribution in [-0.4, -0.2) is 10.8 Å². The monoisotopic (exact) mass is 226 g/mol. The molecule has 0 aliphatic carbocycles. The fourth-order valence-electron chi connectivity index (χ4n) is 1.80. The van der Waals surface area contributed by atoms with E-state index in [0.717, 1.165) is 5.56 Å². The van der Waals surface area contributed by atoms with Crippen LogP contribution in [0.3, 0.4) is 0 Å². The first kappa shape index (κ1) is 11.3. The molecule has 1 aromatic carbocycles. The second-order valence-electron chi connectivity index (χ2n) is 3.96. The Bertz CT molecular complexity index is 523. The van der Waals surface area contributed by atoms with Crippen LogP contribution in [0.4, 0.5) is 5.69 Å². The van der Waals surface area contributed by atoms with Gasteiger partial charge in [-0.15, -0.1) is 0 Å². The number of carbonyl (C=O) groups excluding carboxylic acids is 1. The van der Waals surface area contributed by atoms with Crippen LogP contribution in [0.15, 0.2) is 48.8 Å². The molecular formula is C14H14N2O. The van der Waals surface area contributed by atoms with Gasteiger partial charge in [0, 0.05) is 29.6 Å². The summed E-state index contributed by atoms with van der Waals surface area (Å²) in [4.78, 5) is 16.2. The average Bonchev–Trinajstić information content (AvgIpc) is 2.39. The fourth-order valence-corrected chi connectivity index (χ4v) is 1.80. The highest BCUT2D eigenvalue weighted by atomic mass is 16.1. The highest BCUT2D eigenvalue weighted by molar-refractivity contribution is 6.01. The Morgan fingerprint density at radius 1 is 1.24 bits per heavy atom. The first-order chi connectivity index (χ1) is 8.20. The van der Waals surface area contributed by atoms with Crippen LogP contribution < -0.4 is 5.73 Å². The highest BCUT2D eigenvalue weighted by Crippen LogP contribution is 2.24. The van der Waals surface area contributed by atoms with Crippen molar-refractivity contribution in [2.45, 2.75) is 12.8 Å². The van der Waals surface area contributed by atoms with Crippen molar-refractivity contribution in [1.82, 2.24) is 4.98 Å². The second-order valence-corrected chi connectivity index (χ2v) is 3.96. The number of ketones is 1. The van der Waals surface area contributed by atoms with Gasteiger partial charge in [0.2, 0.25) is 0 Å². The first-order valence-electron chi connectivity index (χ1n) is 5.49. The molecule has 0 saturated heterocycles. The predicted octanol–water partition coefficient (Wildman–Crippen LogP) is 2.65. The van der Waals surface area contributed by atoms with E-state index in [2.05, 4.69) is 4.98 Å². The standard InChI is InChI=1S/C14H14N2O/c1-10(12-6-2-3-7-13(12)15)14(17)11-5-4-8-16-9-11/h2-10H,15H2,1H3. The Hall–Kier alpha value is -2.16. The molecule has 1 unspecified atom stereocenters. The molecule has 2 rings (SSSR count). The summed E-state index contributed by atoms with van der Waals surface area (Å²) >= 11 is 0. The fraction of sp³-hybridized carbons (Fsp3) is 0.143. The summed E-state index contributed by atoms with van der Waals surface area (Å²) in [5.41, 5.74) is 8.00. The van der Waals surface area contributed by atoms with Gasteiger partial charge < -0.3 is 5.73 Å². The molecule has 0 fully saturated rings. The number of Topliss-reactive ketones (excluding diaryl/α,β-unsaturated/α-hetero) is 1. The molecule has 0 spiro atoms. The number of pyridine rings is 1. The number of para-hydroxylation sites is 1. The third kappa shape index (κ3) is 2.33. The summed E-state index contributed by atoms with van der Waals surface area (Å²) in [7, 11) is 0.